The maximum Gasteiger partial charge on any atom is 0.431 e. The summed E-state index contributed by atoms with van der Waals surface area (Å²) in [5.41, 5.74) is -1.05. The molecule has 1 heterocycles. The van der Waals surface area contributed by atoms with Crippen LogP contribution in [0, 0.1) is 0 Å². The lowest BCUT2D eigenvalue weighted by atomic mass is 10.1. The lowest BCUT2D eigenvalue weighted by Crippen LogP contribution is -2.33. The van der Waals surface area contributed by atoms with Crippen molar-refractivity contribution in [1.29, 1.82) is 0 Å². The number of fused-ring (bicyclic) bond motifs is 1. The van der Waals surface area contributed by atoms with Gasteiger partial charge in [-0.25, -0.2) is 4.79 Å². The van der Waals surface area contributed by atoms with Gasteiger partial charge in [-0.15, -0.1) is 0 Å². The molecule has 2 aromatic rings. The van der Waals surface area contributed by atoms with Gasteiger partial charge in [-0.2, -0.15) is 13.2 Å². The number of alkyl carbamates (subject to hydrolysis) is 1. The fourth-order valence-corrected chi connectivity index (χ4v) is 2.46. The molecular weight excluding hydrogens is 337 g/mol. The molecule has 138 valence electrons. The van der Waals surface area contributed by atoms with Crippen LogP contribution in [-0.4, -0.2) is 30.3 Å². The zero-order chi connectivity index (χ0) is 18.8. The maximum atomic E-state index is 13.3. The van der Waals surface area contributed by atoms with Gasteiger partial charge in [-0.05, 0) is 51.0 Å². The normalized spacial score (nSPS) is 12.3. The van der Waals surface area contributed by atoms with E-state index in [1.54, 1.807) is 32.9 Å². The number of H-pyrrole nitrogens is 1. The molecule has 1 aromatic heterocycles. The molecule has 2 N–H and O–H groups in total. The van der Waals surface area contributed by atoms with Gasteiger partial charge in [0.2, 0.25) is 0 Å². The molecule has 5 nitrogen and oxygen atoms in total. The Hall–Kier alpha value is -2.38. The summed E-state index contributed by atoms with van der Waals surface area (Å²) in [5.74, 6) is 0.460. The minimum atomic E-state index is -4.52. The van der Waals surface area contributed by atoms with Crippen molar-refractivity contribution < 1.29 is 27.4 Å². The molecule has 0 atom stereocenters. The predicted molar refractivity (Wildman–Crippen MR) is 87.8 cm³/mol. The first-order valence-electron chi connectivity index (χ1n) is 7.74. The van der Waals surface area contributed by atoms with Crippen LogP contribution in [0.2, 0.25) is 0 Å². The van der Waals surface area contributed by atoms with Gasteiger partial charge in [0, 0.05) is 17.4 Å². The number of methoxy groups -OCH3 is 1. The summed E-state index contributed by atoms with van der Waals surface area (Å²) in [7, 11) is 1.45. The molecule has 0 saturated heterocycles. The Labute approximate surface area is 143 Å². The number of nitrogens with one attached hydrogen (secondary N) is 2. The molecule has 0 spiro atoms. The van der Waals surface area contributed by atoms with E-state index in [1.165, 1.54) is 13.2 Å². The molecule has 1 amide bonds. The third-order valence-corrected chi connectivity index (χ3v) is 3.44. The van der Waals surface area contributed by atoms with Crippen molar-refractivity contribution in [3.63, 3.8) is 0 Å². The van der Waals surface area contributed by atoms with E-state index in [0.29, 0.717) is 16.7 Å². The fraction of sp³-hybridized carbons (Fsp3) is 0.471. The van der Waals surface area contributed by atoms with Crippen LogP contribution in [0.3, 0.4) is 0 Å². The summed E-state index contributed by atoms with van der Waals surface area (Å²) in [5, 5.41) is 2.89. The SMILES string of the molecule is COc1ccc2[nH]c(C(F)(F)F)c(CCNC(=O)OC(C)(C)C)c2c1. The fourth-order valence-electron chi connectivity index (χ4n) is 2.46. The number of amides is 1. The Kier molecular flexibility index (Phi) is 5.20. The molecule has 8 heteroatoms. The second-order valence-electron chi connectivity index (χ2n) is 6.57. The molecular formula is C17H21F3N2O3. The average Bonchev–Trinajstić information content (AvgIpc) is 2.83. The van der Waals surface area contributed by atoms with E-state index in [2.05, 4.69) is 10.3 Å². The van der Waals surface area contributed by atoms with E-state index in [4.69, 9.17) is 9.47 Å². The summed E-state index contributed by atoms with van der Waals surface area (Å²) >= 11 is 0. The second kappa shape index (κ2) is 6.85. The Morgan fingerprint density at radius 3 is 2.48 bits per heavy atom. The van der Waals surface area contributed by atoms with Crippen LogP contribution in [0.5, 0.6) is 5.75 Å². The first-order chi connectivity index (χ1) is 11.5. The Bertz CT molecular complexity index is 761. The van der Waals surface area contributed by atoms with Gasteiger partial charge in [-0.3, -0.25) is 0 Å². The number of benzene rings is 1. The quantitative estimate of drug-likeness (QED) is 0.858. The molecule has 0 radical (unpaired) electrons. The average molecular weight is 358 g/mol. The zero-order valence-corrected chi connectivity index (χ0v) is 14.5. The molecule has 0 unspecified atom stereocenters. The summed E-state index contributed by atoms with van der Waals surface area (Å²) in [4.78, 5) is 14.1. The van der Waals surface area contributed by atoms with Crippen molar-refractivity contribution in [2.45, 2.75) is 39.0 Å². The number of carbonyl (C=O) groups excluding carboxylic acids is 1. The summed E-state index contributed by atoms with van der Waals surface area (Å²) in [6, 6.07) is 4.67. The first-order valence-corrected chi connectivity index (χ1v) is 7.74. The number of aromatic nitrogens is 1. The van der Waals surface area contributed by atoms with E-state index in [9.17, 15) is 18.0 Å². The molecule has 0 saturated carbocycles. The van der Waals surface area contributed by atoms with Crippen LogP contribution < -0.4 is 10.1 Å². The molecule has 1 aromatic carbocycles. The molecule has 25 heavy (non-hydrogen) atoms. The number of ether oxygens (including phenoxy) is 2. The van der Waals surface area contributed by atoms with Gasteiger partial charge in [0.25, 0.3) is 0 Å². The van der Waals surface area contributed by atoms with E-state index in [1.807, 2.05) is 0 Å². The second-order valence-corrected chi connectivity index (χ2v) is 6.57. The Morgan fingerprint density at radius 2 is 1.92 bits per heavy atom. The number of rotatable bonds is 4. The van der Waals surface area contributed by atoms with Crippen molar-refractivity contribution in [3.8, 4) is 5.75 Å². The number of hydrogen-bond donors (Lipinski definition) is 2. The van der Waals surface area contributed by atoms with E-state index < -0.39 is 23.6 Å². The van der Waals surface area contributed by atoms with Crippen LogP contribution in [0.25, 0.3) is 10.9 Å². The predicted octanol–water partition coefficient (Wildman–Crippen LogP) is 4.26. The molecule has 0 aliphatic heterocycles. The molecule has 0 aliphatic rings. The third kappa shape index (κ3) is 4.80. The summed E-state index contributed by atoms with van der Waals surface area (Å²) < 4.78 is 50.1. The molecule has 2 rings (SSSR count). The van der Waals surface area contributed by atoms with Crippen LogP contribution in [0.15, 0.2) is 18.2 Å². The third-order valence-electron chi connectivity index (χ3n) is 3.44. The number of hydrogen-bond acceptors (Lipinski definition) is 3. The minimum absolute atomic E-state index is 0.00124. The van der Waals surface area contributed by atoms with Crippen LogP contribution >= 0.6 is 0 Å². The molecule has 0 bridgehead atoms. The van der Waals surface area contributed by atoms with E-state index in [-0.39, 0.29) is 18.5 Å². The highest BCUT2D eigenvalue weighted by Gasteiger charge is 2.36. The van der Waals surface area contributed by atoms with Crippen molar-refractivity contribution in [3.05, 3.63) is 29.5 Å². The highest BCUT2D eigenvalue weighted by Crippen LogP contribution is 2.36. The standard InChI is InChI=1S/C17H21F3N2O3/c1-16(2,3)25-15(23)21-8-7-11-12-9-10(24-4)5-6-13(12)22-14(11)17(18,19)20/h5-6,9,22H,7-8H2,1-4H3,(H,21,23). The van der Waals surface area contributed by atoms with Gasteiger partial charge < -0.3 is 19.8 Å². The monoisotopic (exact) mass is 358 g/mol. The van der Waals surface area contributed by atoms with Crippen molar-refractivity contribution in [1.82, 2.24) is 10.3 Å². The van der Waals surface area contributed by atoms with Crippen LogP contribution in [0.1, 0.15) is 32.0 Å². The van der Waals surface area contributed by atoms with Crippen LogP contribution in [0.4, 0.5) is 18.0 Å². The summed E-state index contributed by atoms with van der Waals surface area (Å²) in [6.07, 6.45) is -5.19. The highest BCUT2D eigenvalue weighted by molar-refractivity contribution is 5.86. The topological polar surface area (TPSA) is 63.3 Å². The lowest BCUT2D eigenvalue weighted by molar-refractivity contribution is -0.141. The van der Waals surface area contributed by atoms with Gasteiger partial charge in [0.05, 0.1) is 7.11 Å². The largest absolute Gasteiger partial charge is 0.497 e. The van der Waals surface area contributed by atoms with Gasteiger partial charge in [-0.1, -0.05) is 0 Å². The van der Waals surface area contributed by atoms with E-state index >= 15 is 0 Å². The van der Waals surface area contributed by atoms with Crippen molar-refractivity contribution >= 4 is 17.0 Å². The smallest absolute Gasteiger partial charge is 0.431 e. The number of alkyl halides is 3. The van der Waals surface area contributed by atoms with Crippen LogP contribution in [-0.2, 0) is 17.3 Å². The van der Waals surface area contributed by atoms with E-state index in [0.717, 1.165) is 0 Å². The number of aromatic amines is 1. The maximum absolute atomic E-state index is 13.3. The number of halogens is 3. The minimum Gasteiger partial charge on any atom is -0.497 e. The highest BCUT2D eigenvalue weighted by atomic mass is 19.4. The Balaban J connectivity index is 2.24. The zero-order valence-electron chi connectivity index (χ0n) is 14.5. The lowest BCUT2D eigenvalue weighted by Gasteiger charge is -2.19. The molecule has 0 aliphatic carbocycles. The van der Waals surface area contributed by atoms with Crippen molar-refractivity contribution in [2.24, 2.45) is 0 Å². The van der Waals surface area contributed by atoms with Gasteiger partial charge in [0.15, 0.2) is 0 Å². The number of carbonyl (C=O) groups is 1. The van der Waals surface area contributed by atoms with Crippen molar-refractivity contribution in [2.75, 3.05) is 13.7 Å². The summed E-state index contributed by atoms with van der Waals surface area (Å²) in [6.45, 7) is 5.14. The first kappa shape index (κ1) is 19.0. The van der Waals surface area contributed by atoms with Gasteiger partial charge >= 0.3 is 12.3 Å². The Morgan fingerprint density at radius 1 is 1.24 bits per heavy atom. The molecule has 0 fully saturated rings. The van der Waals surface area contributed by atoms with Gasteiger partial charge in [0.1, 0.15) is 17.0 Å².